The molecular formula is C14H23NOS. The van der Waals surface area contributed by atoms with Crippen LogP contribution in [0.5, 0.6) is 0 Å². The summed E-state index contributed by atoms with van der Waals surface area (Å²) in [5.41, 5.74) is 1.30. The van der Waals surface area contributed by atoms with Crippen molar-refractivity contribution in [1.82, 2.24) is 5.32 Å². The first-order valence-corrected chi connectivity index (χ1v) is 7.54. The van der Waals surface area contributed by atoms with Gasteiger partial charge in [0.15, 0.2) is 0 Å². The lowest BCUT2D eigenvalue weighted by Crippen LogP contribution is -2.27. The largest absolute Gasteiger partial charge is 0.314 e. The Balaban J connectivity index is 2.52. The summed E-state index contributed by atoms with van der Waals surface area (Å²) in [7, 11) is -0.884. The molecule has 0 spiro atoms. The molecule has 1 rings (SSSR count). The van der Waals surface area contributed by atoms with E-state index in [2.05, 4.69) is 45.1 Å². The Labute approximate surface area is 107 Å². The third-order valence-electron chi connectivity index (χ3n) is 2.65. The normalized spacial score (nSPS) is 13.3. The molecule has 0 radical (unpaired) electrons. The molecule has 0 aliphatic rings. The molecule has 3 heteroatoms. The summed E-state index contributed by atoms with van der Waals surface area (Å²) in [5, 5.41) is 3.28. The second kappa shape index (κ2) is 6.92. The number of hydrogen-bond donors (Lipinski definition) is 1. The highest BCUT2D eigenvalue weighted by Gasteiger charge is 2.05. The monoisotopic (exact) mass is 253 g/mol. The molecule has 0 bridgehead atoms. The van der Waals surface area contributed by atoms with Crippen LogP contribution in [0.15, 0.2) is 29.2 Å². The first-order valence-electron chi connectivity index (χ1n) is 6.22. The Bertz CT molecular complexity index is 357. The number of rotatable bonds is 6. The molecule has 0 fully saturated rings. The summed E-state index contributed by atoms with van der Waals surface area (Å²) < 4.78 is 12.0. The first-order chi connectivity index (χ1) is 8.00. The average molecular weight is 253 g/mol. The molecule has 0 saturated carbocycles. The first kappa shape index (κ1) is 14.4. The highest BCUT2D eigenvalue weighted by molar-refractivity contribution is 7.85. The standard InChI is InChI=1S/C14H23NOS/c1-11(2)13-5-7-14(8-6-13)17(16)10-9-15-12(3)4/h5-8,11-12,15H,9-10H2,1-4H3. The molecule has 1 atom stereocenters. The minimum Gasteiger partial charge on any atom is -0.314 e. The van der Waals surface area contributed by atoms with Crippen molar-refractivity contribution in [1.29, 1.82) is 0 Å². The molecule has 0 aromatic heterocycles. The highest BCUT2D eigenvalue weighted by Crippen LogP contribution is 2.16. The minimum absolute atomic E-state index is 0.454. The Morgan fingerprint density at radius 3 is 2.18 bits per heavy atom. The lowest BCUT2D eigenvalue weighted by atomic mass is 10.0. The predicted molar refractivity (Wildman–Crippen MR) is 74.9 cm³/mol. The van der Waals surface area contributed by atoms with Crippen molar-refractivity contribution < 1.29 is 4.21 Å². The molecule has 17 heavy (non-hydrogen) atoms. The van der Waals surface area contributed by atoms with Crippen LogP contribution < -0.4 is 5.32 Å². The fourth-order valence-electron chi connectivity index (χ4n) is 1.56. The maximum Gasteiger partial charge on any atom is 0.0542 e. The van der Waals surface area contributed by atoms with E-state index in [1.165, 1.54) is 5.56 Å². The molecule has 0 aliphatic carbocycles. The van der Waals surface area contributed by atoms with E-state index in [0.717, 1.165) is 11.4 Å². The van der Waals surface area contributed by atoms with Crippen LogP contribution in [0.2, 0.25) is 0 Å². The van der Waals surface area contributed by atoms with Crippen LogP contribution in [0.3, 0.4) is 0 Å². The van der Waals surface area contributed by atoms with Crippen LogP contribution in [0.1, 0.15) is 39.2 Å². The fraction of sp³-hybridized carbons (Fsp3) is 0.571. The Hall–Kier alpha value is -0.670. The summed E-state index contributed by atoms with van der Waals surface area (Å²) in [6, 6.07) is 8.58. The van der Waals surface area contributed by atoms with Gasteiger partial charge < -0.3 is 5.32 Å². The molecule has 1 unspecified atom stereocenters. The van der Waals surface area contributed by atoms with Gasteiger partial charge in [-0.1, -0.05) is 39.8 Å². The molecule has 1 aromatic carbocycles. The zero-order valence-corrected chi connectivity index (χ0v) is 12.0. The van der Waals surface area contributed by atoms with E-state index in [1.54, 1.807) is 0 Å². The van der Waals surface area contributed by atoms with Gasteiger partial charge in [0, 0.05) is 23.2 Å². The zero-order chi connectivity index (χ0) is 12.8. The average Bonchev–Trinajstić information content (AvgIpc) is 2.28. The van der Waals surface area contributed by atoms with Crippen LogP contribution >= 0.6 is 0 Å². The van der Waals surface area contributed by atoms with E-state index in [0.29, 0.717) is 17.7 Å². The second-order valence-electron chi connectivity index (χ2n) is 4.88. The Morgan fingerprint density at radius 1 is 1.12 bits per heavy atom. The second-order valence-corrected chi connectivity index (χ2v) is 6.45. The van der Waals surface area contributed by atoms with E-state index < -0.39 is 10.8 Å². The number of nitrogens with one attached hydrogen (secondary N) is 1. The van der Waals surface area contributed by atoms with Gasteiger partial charge >= 0.3 is 0 Å². The fourth-order valence-corrected chi connectivity index (χ4v) is 2.54. The van der Waals surface area contributed by atoms with Gasteiger partial charge in [0.2, 0.25) is 0 Å². The summed E-state index contributed by atoms with van der Waals surface area (Å²) in [6.45, 7) is 9.33. The lowest BCUT2D eigenvalue weighted by molar-refractivity contribution is 0.610. The molecule has 0 saturated heterocycles. The molecule has 0 amide bonds. The third-order valence-corrected chi connectivity index (χ3v) is 4.02. The van der Waals surface area contributed by atoms with Crippen molar-refractivity contribution in [3.63, 3.8) is 0 Å². The van der Waals surface area contributed by atoms with E-state index in [-0.39, 0.29) is 0 Å². The minimum atomic E-state index is -0.884. The maximum atomic E-state index is 12.0. The van der Waals surface area contributed by atoms with Gasteiger partial charge in [0.1, 0.15) is 0 Å². The summed E-state index contributed by atoms with van der Waals surface area (Å²) >= 11 is 0. The summed E-state index contributed by atoms with van der Waals surface area (Å²) in [5.74, 6) is 1.21. The van der Waals surface area contributed by atoms with Crippen LogP contribution in [0.25, 0.3) is 0 Å². The highest BCUT2D eigenvalue weighted by atomic mass is 32.2. The van der Waals surface area contributed by atoms with Gasteiger partial charge in [-0.25, -0.2) is 0 Å². The smallest absolute Gasteiger partial charge is 0.0542 e. The van der Waals surface area contributed by atoms with E-state index in [4.69, 9.17) is 0 Å². The van der Waals surface area contributed by atoms with E-state index in [1.807, 2.05) is 12.1 Å². The quantitative estimate of drug-likeness (QED) is 0.844. The topological polar surface area (TPSA) is 29.1 Å². The molecule has 96 valence electrons. The van der Waals surface area contributed by atoms with Crippen molar-refractivity contribution in [3.05, 3.63) is 29.8 Å². The molecule has 0 heterocycles. The molecule has 2 nitrogen and oxygen atoms in total. The maximum absolute atomic E-state index is 12.0. The van der Waals surface area contributed by atoms with Crippen LogP contribution in [0.4, 0.5) is 0 Å². The zero-order valence-electron chi connectivity index (χ0n) is 11.2. The third kappa shape index (κ3) is 5.00. The SMILES string of the molecule is CC(C)NCCS(=O)c1ccc(C(C)C)cc1. The van der Waals surface area contributed by atoms with Gasteiger partial charge in [-0.3, -0.25) is 4.21 Å². The van der Waals surface area contributed by atoms with Gasteiger partial charge in [-0.2, -0.15) is 0 Å². The van der Waals surface area contributed by atoms with Crippen molar-refractivity contribution in [2.24, 2.45) is 0 Å². The van der Waals surface area contributed by atoms with E-state index in [9.17, 15) is 4.21 Å². The van der Waals surface area contributed by atoms with Crippen LogP contribution in [-0.4, -0.2) is 22.5 Å². The van der Waals surface area contributed by atoms with Gasteiger partial charge in [0.25, 0.3) is 0 Å². The van der Waals surface area contributed by atoms with Crippen LogP contribution in [0, 0.1) is 0 Å². The van der Waals surface area contributed by atoms with Crippen molar-refractivity contribution in [2.45, 2.75) is 44.6 Å². The van der Waals surface area contributed by atoms with Crippen molar-refractivity contribution in [3.8, 4) is 0 Å². The number of benzene rings is 1. The molecule has 0 aliphatic heterocycles. The lowest BCUT2D eigenvalue weighted by Gasteiger charge is -2.09. The van der Waals surface area contributed by atoms with E-state index >= 15 is 0 Å². The van der Waals surface area contributed by atoms with Crippen LogP contribution in [-0.2, 0) is 10.8 Å². The van der Waals surface area contributed by atoms with Crippen molar-refractivity contribution >= 4 is 10.8 Å². The molecule has 1 N–H and O–H groups in total. The summed E-state index contributed by atoms with van der Waals surface area (Å²) in [4.78, 5) is 0.931. The Kier molecular flexibility index (Phi) is 5.86. The van der Waals surface area contributed by atoms with Gasteiger partial charge in [0.05, 0.1) is 10.8 Å². The number of hydrogen-bond acceptors (Lipinski definition) is 2. The van der Waals surface area contributed by atoms with Crippen molar-refractivity contribution in [2.75, 3.05) is 12.3 Å². The van der Waals surface area contributed by atoms with Gasteiger partial charge in [-0.15, -0.1) is 0 Å². The predicted octanol–water partition coefficient (Wildman–Crippen LogP) is 2.92. The van der Waals surface area contributed by atoms with Gasteiger partial charge in [-0.05, 0) is 23.6 Å². The summed E-state index contributed by atoms with van der Waals surface area (Å²) in [6.07, 6.45) is 0. The Morgan fingerprint density at radius 2 is 1.71 bits per heavy atom. The molecule has 1 aromatic rings. The molecular weight excluding hydrogens is 230 g/mol.